The third-order valence-corrected chi connectivity index (χ3v) is 2.95. The lowest BCUT2D eigenvalue weighted by atomic mass is 10.0. The highest BCUT2D eigenvalue weighted by molar-refractivity contribution is 9.10. The summed E-state index contributed by atoms with van der Waals surface area (Å²) in [6.07, 6.45) is 2.07. The van der Waals surface area contributed by atoms with Gasteiger partial charge in [0.15, 0.2) is 0 Å². The van der Waals surface area contributed by atoms with Crippen LogP contribution in [0.25, 0.3) is 0 Å². The first kappa shape index (κ1) is 14.9. The quantitative estimate of drug-likeness (QED) is 0.798. The predicted octanol–water partition coefficient (Wildman–Crippen LogP) is 2.07. The third-order valence-electron chi connectivity index (χ3n) is 2.57. The average Bonchev–Trinajstić information content (AvgIpc) is 2.29. The van der Waals surface area contributed by atoms with Crippen LogP contribution in [0.15, 0.2) is 15.6 Å². The van der Waals surface area contributed by atoms with Crippen LogP contribution in [0.1, 0.15) is 32.0 Å². The highest BCUT2D eigenvalue weighted by Gasteiger charge is 2.24. The summed E-state index contributed by atoms with van der Waals surface area (Å²) < 4.78 is 6.68. The summed E-state index contributed by atoms with van der Waals surface area (Å²) >= 11 is 3.23. The van der Waals surface area contributed by atoms with Crippen LogP contribution < -0.4 is 5.56 Å². The Morgan fingerprint density at radius 1 is 1.56 bits per heavy atom. The molecule has 0 saturated heterocycles. The van der Waals surface area contributed by atoms with Gasteiger partial charge in [-0.3, -0.25) is 9.36 Å². The van der Waals surface area contributed by atoms with E-state index in [2.05, 4.69) is 20.9 Å². The number of aromatic nitrogens is 2. The van der Waals surface area contributed by atoms with E-state index in [1.54, 1.807) is 6.92 Å². The molecule has 18 heavy (non-hydrogen) atoms. The molecule has 1 heterocycles. The lowest BCUT2D eigenvalue weighted by molar-refractivity contribution is -0.145. The number of hydrogen-bond acceptors (Lipinski definition) is 4. The molecule has 0 aliphatic carbocycles. The fourth-order valence-corrected chi connectivity index (χ4v) is 2.22. The molecule has 1 aromatic heterocycles. The number of nitrogens with zero attached hydrogens (tertiary/aromatic N) is 2. The lowest BCUT2D eigenvalue weighted by Crippen LogP contribution is -2.33. The van der Waals surface area contributed by atoms with Gasteiger partial charge in [-0.15, -0.1) is 0 Å². The molecule has 0 aliphatic heterocycles. The van der Waals surface area contributed by atoms with E-state index in [1.807, 2.05) is 13.8 Å². The van der Waals surface area contributed by atoms with E-state index >= 15 is 0 Å². The van der Waals surface area contributed by atoms with Crippen molar-refractivity contribution in [2.24, 2.45) is 5.92 Å². The summed E-state index contributed by atoms with van der Waals surface area (Å²) in [5, 5.41) is 0. The first-order valence-electron chi connectivity index (χ1n) is 5.70. The molecular weight excluding hydrogens is 300 g/mol. The number of esters is 1. The molecule has 0 aliphatic rings. The predicted molar refractivity (Wildman–Crippen MR) is 71.4 cm³/mol. The Balaban J connectivity index is 3.28. The van der Waals surface area contributed by atoms with Crippen LogP contribution in [0.2, 0.25) is 0 Å². The van der Waals surface area contributed by atoms with E-state index in [4.69, 9.17) is 4.74 Å². The number of carbonyl (C=O) groups excluding carboxylic acids is 1. The van der Waals surface area contributed by atoms with Gasteiger partial charge in [0.2, 0.25) is 0 Å². The van der Waals surface area contributed by atoms with Crippen LogP contribution in [0.5, 0.6) is 0 Å². The van der Waals surface area contributed by atoms with Crippen molar-refractivity contribution in [3.8, 4) is 0 Å². The highest BCUT2D eigenvalue weighted by atomic mass is 79.9. The zero-order chi connectivity index (χ0) is 13.9. The van der Waals surface area contributed by atoms with Crippen molar-refractivity contribution in [2.45, 2.75) is 33.2 Å². The Labute approximate surface area is 114 Å². The molecule has 1 rings (SSSR count). The van der Waals surface area contributed by atoms with E-state index in [0.29, 0.717) is 16.7 Å². The first-order chi connectivity index (χ1) is 8.36. The molecule has 100 valence electrons. The van der Waals surface area contributed by atoms with Crippen LogP contribution in [-0.4, -0.2) is 22.6 Å². The molecule has 0 fully saturated rings. The van der Waals surface area contributed by atoms with Gasteiger partial charge in [-0.1, -0.05) is 13.8 Å². The number of halogens is 1. The monoisotopic (exact) mass is 316 g/mol. The third kappa shape index (κ3) is 3.41. The van der Waals surface area contributed by atoms with Gasteiger partial charge in [0, 0.05) is 6.20 Å². The van der Waals surface area contributed by atoms with Crippen molar-refractivity contribution in [1.29, 1.82) is 0 Å². The van der Waals surface area contributed by atoms with Crippen molar-refractivity contribution < 1.29 is 9.53 Å². The normalized spacial score (nSPS) is 12.6. The minimum absolute atomic E-state index is 0.269. The molecule has 0 spiro atoms. The average molecular weight is 317 g/mol. The van der Waals surface area contributed by atoms with Gasteiger partial charge < -0.3 is 4.74 Å². The van der Waals surface area contributed by atoms with Gasteiger partial charge in [-0.25, -0.2) is 9.78 Å². The van der Waals surface area contributed by atoms with Crippen LogP contribution in [0.3, 0.4) is 0 Å². The molecule has 0 saturated carbocycles. The smallest absolute Gasteiger partial charge is 0.328 e. The summed E-state index contributed by atoms with van der Waals surface area (Å²) in [7, 11) is 1.32. The van der Waals surface area contributed by atoms with E-state index < -0.39 is 12.0 Å². The second-order valence-electron chi connectivity index (χ2n) is 4.53. The van der Waals surface area contributed by atoms with Crippen molar-refractivity contribution >= 4 is 21.9 Å². The molecule has 0 aromatic carbocycles. The second kappa shape index (κ2) is 6.13. The molecule has 0 N–H and O–H groups in total. The van der Waals surface area contributed by atoms with E-state index in [-0.39, 0.29) is 11.5 Å². The summed E-state index contributed by atoms with van der Waals surface area (Å²) in [5.41, 5.74) is 0.0799. The molecule has 0 radical (unpaired) electrons. The molecular formula is C12H17BrN2O3. The first-order valence-corrected chi connectivity index (χ1v) is 6.49. The molecule has 0 amide bonds. The van der Waals surface area contributed by atoms with Crippen molar-refractivity contribution in [2.75, 3.05) is 7.11 Å². The number of carbonyl (C=O) groups is 1. The summed E-state index contributed by atoms with van der Waals surface area (Å²) in [5.74, 6) is -0.142. The zero-order valence-corrected chi connectivity index (χ0v) is 12.5. The molecule has 5 nitrogen and oxygen atoms in total. The minimum atomic E-state index is -0.611. The summed E-state index contributed by atoms with van der Waals surface area (Å²) in [6, 6.07) is -0.611. The number of hydrogen-bond donors (Lipinski definition) is 0. The van der Waals surface area contributed by atoms with Gasteiger partial charge in [0.1, 0.15) is 16.3 Å². The van der Waals surface area contributed by atoms with Crippen LogP contribution >= 0.6 is 15.9 Å². The van der Waals surface area contributed by atoms with Gasteiger partial charge in [0.25, 0.3) is 5.56 Å². The lowest BCUT2D eigenvalue weighted by Gasteiger charge is -2.19. The van der Waals surface area contributed by atoms with Gasteiger partial charge >= 0.3 is 5.97 Å². The molecule has 0 unspecified atom stereocenters. The molecule has 6 heteroatoms. The SMILES string of the molecule is COC(=O)[C@H](CC(C)C)n1cc(Br)nc(C)c1=O. The maximum Gasteiger partial charge on any atom is 0.328 e. The molecule has 0 bridgehead atoms. The number of aryl methyl sites for hydroxylation is 1. The zero-order valence-electron chi connectivity index (χ0n) is 10.9. The summed E-state index contributed by atoms with van der Waals surface area (Å²) in [4.78, 5) is 27.9. The van der Waals surface area contributed by atoms with Crippen LogP contribution in [-0.2, 0) is 9.53 Å². The Kier molecular flexibility index (Phi) is 5.07. The second-order valence-corrected chi connectivity index (χ2v) is 5.34. The number of methoxy groups -OCH3 is 1. The summed E-state index contributed by atoms with van der Waals surface area (Å²) in [6.45, 7) is 5.60. The van der Waals surface area contributed by atoms with Crippen molar-refractivity contribution in [3.63, 3.8) is 0 Å². The van der Waals surface area contributed by atoms with Crippen molar-refractivity contribution in [3.05, 3.63) is 26.8 Å². The maximum absolute atomic E-state index is 12.0. The van der Waals surface area contributed by atoms with Gasteiger partial charge in [-0.05, 0) is 35.2 Å². The number of ether oxygens (including phenoxy) is 1. The fraction of sp³-hybridized carbons (Fsp3) is 0.583. The van der Waals surface area contributed by atoms with E-state index in [0.717, 1.165) is 0 Å². The Bertz CT molecular complexity index is 497. The van der Waals surface area contributed by atoms with Gasteiger partial charge in [0.05, 0.1) is 7.11 Å². The standard InChI is InChI=1S/C12H17BrN2O3/c1-7(2)5-9(12(17)18-4)15-6-10(13)14-8(3)11(15)16/h6-7,9H,5H2,1-4H3/t9-/m0/s1. The van der Waals surface area contributed by atoms with E-state index in [9.17, 15) is 9.59 Å². The van der Waals surface area contributed by atoms with Gasteiger partial charge in [-0.2, -0.15) is 0 Å². The van der Waals surface area contributed by atoms with Crippen LogP contribution in [0, 0.1) is 12.8 Å². The molecule has 1 atom stereocenters. The largest absolute Gasteiger partial charge is 0.467 e. The Morgan fingerprint density at radius 3 is 2.67 bits per heavy atom. The van der Waals surface area contributed by atoms with E-state index in [1.165, 1.54) is 17.9 Å². The number of rotatable bonds is 4. The van der Waals surface area contributed by atoms with Crippen LogP contribution in [0.4, 0.5) is 0 Å². The molecule has 1 aromatic rings. The maximum atomic E-state index is 12.0. The minimum Gasteiger partial charge on any atom is -0.467 e. The van der Waals surface area contributed by atoms with Crippen molar-refractivity contribution in [1.82, 2.24) is 9.55 Å². The highest BCUT2D eigenvalue weighted by Crippen LogP contribution is 2.19. The fourth-order valence-electron chi connectivity index (χ4n) is 1.73. The Hall–Kier alpha value is -1.17. The Morgan fingerprint density at radius 2 is 2.17 bits per heavy atom. The topological polar surface area (TPSA) is 61.2 Å².